The number of unbranched alkanes of at least 4 members (excludes halogenated alkanes) is 2. The molecular weight excluding hydrogens is 360 g/mol. The standard InChI is InChI=1S/C21H28F4O2/c1-3-4-5-6-14-7-9-15(10-8-14)21(24,25)27-20-13(2)11-16(17-12-26-17)18(22)19(20)23/h11,14-15,17H,3-10,12H2,1-2H3. The average molecular weight is 388 g/mol. The highest BCUT2D eigenvalue weighted by Crippen LogP contribution is 2.44. The summed E-state index contributed by atoms with van der Waals surface area (Å²) in [6, 6.07) is 1.34. The second-order valence-electron chi connectivity index (χ2n) is 7.94. The molecule has 0 aromatic heterocycles. The molecule has 0 bridgehead atoms. The Kier molecular flexibility index (Phi) is 6.34. The third kappa shape index (κ3) is 4.76. The van der Waals surface area contributed by atoms with Crippen LogP contribution in [0.5, 0.6) is 5.75 Å². The molecule has 0 N–H and O–H groups in total. The van der Waals surface area contributed by atoms with Gasteiger partial charge in [-0.1, -0.05) is 32.6 Å². The van der Waals surface area contributed by atoms with Crippen molar-refractivity contribution in [2.45, 2.75) is 77.4 Å². The molecule has 1 unspecified atom stereocenters. The van der Waals surface area contributed by atoms with Gasteiger partial charge in [-0.25, -0.2) is 4.39 Å². The second kappa shape index (κ2) is 8.38. The van der Waals surface area contributed by atoms with Crippen LogP contribution in [-0.2, 0) is 4.74 Å². The average Bonchev–Trinajstić information content (AvgIpc) is 3.47. The first-order valence-electron chi connectivity index (χ1n) is 10.00. The lowest BCUT2D eigenvalue weighted by molar-refractivity contribution is -0.225. The van der Waals surface area contributed by atoms with E-state index in [4.69, 9.17) is 9.47 Å². The fourth-order valence-corrected chi connectivity index (χ4v) is 4.04. The predicted molar refractivity (Wildman–Crippen MR) is 95.0 cm³/mol. The Morgan fingerprint density at radius 2 is 1.78 bits per heavy atom. The molecule has 6 heteroatoms. The Balaban J connectivity index is 1.64. The second-order valence-corrected chi connectivity index (χ2v) is 7.94. The number of ether oxygens (including phenoxy) is 2. The summed E-state index contributed by atoms with van der Waals surface area (Å²) in [5.74, 6) is -3.68. The van der Waals surface area contributed by atoms with Crippen molar-refractivity contribution in [1.82, 2.24) is 0 Å². The molecule has 0 spiro atoms. The number of aryl methyl sites for hydroxylation is 1. The molecule has 2 aliphatic rings. The van der Waals surface area contributed by atoms with Crippen molar-refractivity contribution in [2.75, 3.05) is 6.61 Å². The van der Waals surface area contributed by atoms with E-state index in [0.29, 0.717) is 25.4 Å². The van der Waals surface area contributed by atoms with Gasteiger partial charge in [-0.2, -0.15) is 13.2 Å². The van der Waals surface area contributed by atoms with Crippen LogP contribution in [0, 0.1) is 30.4 Å². The summed E-state index contributed by atoms with van der Waals surface area (Å²) in [6.07, 6.45) is 2.71. The largest absolute Gasteiger partial charge is 0.429 e. The van der Waals surface area contributed by atoms with Gasteiger partial charge in [-0.3, -0.25) is 0 Å². The van der Waals surface area contributed by atoms with Gasteiger partial charge in [-0.05, 0) is 50.2 Å². The van der Waals surface area contributed by atoms with Crippen LogP contribution in [0.4, 0.5) is 17.6 Å². The van der Waals surface area contributed by atoms with Crippen LogP contribution >= 0.6 is 0 Å². The highest BCUT2D eigenvalue weighted by molar-refractivity contribution is 5.41. The molecule has 2 nitrogen and oxygen atoms in total. The number of halogens is 4. The van der Waals surface area contributed by atoms with Crippen LogP contribution in [-0.4, -0.2) is 12.7 Å². The zero-order valence-electron chi connectivity index (χ0n) is 16.0. The van der Waals surface area contributed by atoms with E-state index in [1.54, 1.807) is 0 Å². The molecule has 2 fully saturated rings. The molecule has 27 heavy (non-hydrogen) atoms. The van der Waals surface area contributed by atoms with Gasteiger partial charge in [0.25, 0.3) is 0 Å². The van der Waals surface area contributed by atoms with Crippen molar-refractivity contribution in [1.29, 1.82) is 0 Å². The summed E-state index contributed by atoms with van der Waals surface area (Å²) in [6.45, 7) is 3.90. The molecule has 1 saturated heterocycles. The van der Waals surface area contributed by atoms with Crippen molar-refractivity contribution in [3.8, 4) is 5.75 Å². The zero-order valence-corrected chi connectivity index (χ0v) is 16.0. The first kappa shape index (κ1) is 20.4. The van der Waals surface area contributed by atoms with Gasteiger partial charge >= 0.3 is 6.11 Å². The minimum atomic E-state index is -3.51. The van der Waals surface area contributed by atoms with Gasteiger partial charge in [0.15, 0.2) is 11.6 Å². The maximum absolute atomic E-state index is 14.7. The third-order valence-corrected chi connectivity index (χ3v) is 5.83. The Morgan fingerprint density at radius 1 is 1.11 bits per heavy atom. The fourth-order valence-electron chi connectivity index (χ4n) is 4.04. The van der Waals surface area contributed by atoms with Crippen molar-refractivity contribution >= 4 is 0 Å². The van der Waals surface area contributed by atoms with Crippen LogP contribution in [0.1, 0.15) is 75.5 Å². The Hall–Kier alpha value is -1.30. The first-order valence-corrected chi connectivity index (χ1v) is 10.00. The molecule has 0 radical (unpaired) electrons. The molecule has 3 rings (SSSR count). The van der Waals surface area contributed by atoms with E-state index < -0.39 is 35.5 Å². The van der Waals surface area contributed by atoms with Gasteiger partial charge in [0.2, 0.25) is 5.82 Å². The maximum Gasteiger partial charge on any atom is 0.400 e. The highest BCUT2D eigenvalue weighted by atomic mass is 19.3. The summed E-state index contributed by atoms with van der Waals surface area (Å²) >= 11 is 0. The minimum Gasteiger partial charge on any atom is -0.429 e. The van der Waals surface area contributed by atoms with Gasteiger partial charge < -0.3 is 9.47 Å². The summed E-state index contributed by atoms with van der Waals surface area (Å²) in [4.78, 5) is 0. The summed E-state index contributed by atoms with van der Waals surface area (Å²) in [7, 11) is 0. The molecule has 1 heterocycles. The quantitative estimate of drug-likeness (QED) is 0.281. The Morgan fingerprint density at radius 3 is 2.37 bits per heavy atom. The summed E-state index contributed by atoms with van der Waals surface area (Å²) in [5.41, 5.74) is 0.223. The Labute approximate surface area is 158 Å². The van der Waals surface area contributed by atoms with E-state index in [1.165, 1.54) is 19.4 Å². The van der Waals surface area contributed by atoms with E-state index in [0.717, 1.165) is 32.1 Å². The fraction of sp³-hybridized carbons (Fsp3) is 0.714. The number of rotatable bonds is 8. The lowest BCUT2D eigenvalue weighted by Gasteiger charge is -2.33. The van der Waals surface area contributed by atoms with E-state index >= 15 is 0 Å². The third-order valence-electron chi connectivity index (χ3n) is 5.83. The number of epoxide rings is 1. The van der Waals surface area contributed by atoms with E-state index in [1.807, 2.05) is 0 Å². The van der Waals surface area contributed by atoms with Gasteiger partial charge in [0, 0.05) is 5.56 Å². The lowest BCUT2D eigenvalue weighted by atomic mass is 9.79. The SMILES string of the molecule is CCCCCC1CCC(C(F)(F)Oc2c(C)cc(C3CO3)c(F)c2F)CC1. The molecule has 1 aliphatic heterocycles. The number of benzene rings is 1. The monoisotopic (exact) mass is 388 g/mol. The van der Waals surface area contributed by atoms with Crippen molar-refractivity contribution in [3.05, 3.63) is 28.8 Å². The van der Waals surface area contributed by atoms with Crippen LogP contribution in [0.3, 0.4) is 0 Å². The van der Waals surface area contributed by atoms with Crippen LogP contribution < -0.4 is 4.74 Å². The first-order chi connectivity index (χ1) is 12.8. The predicted octanol–water partition coefficient (Wildman–Crippen LogP) is 6.70. The van der Waals surface area contributed by atoms with Gasteiger partial charge in [0.05, 0.1) is 12.5 Å². The number of hydrogen-bond donors (Lipinski definition) is 0. The highest BCUT2D eigenvalue weighted by Gasteiger charge is 2.45. The summed E-state index contributed by atoms with van der Waals surface area (Å²) < 4.78 is 67.6. The molecule has 1 aromatic carbocycles. The van der Waals surface area contributed by atoms with Gasteiger partial charge in [0.1, 0.15) is 6.10 Å². The molecule has 1 aromatic rings. The van der Waals surface area contributed by atoms with Crippen LogP contribution in [0.15, 0.2) is 6.07 Å². The van der Waals surface area contributed by atoms with Crippen LogP contribution in [0.25, 0.3) is 0 Å². The van der Waals surface area contributed by atoms with E-state index in [-0.39, 0.29) is 11.1 Å². The topological polar surface area (TPSA) is 21.8 Å². The smallest absolute Gasteiger partial charge is 0.400 e. The van der Waals surface area contributed by atoms with E-state index in [9.17, 15) is 17.6 Å². The lowest BCUT2D eigenvalue weighted by Crippen LogP contribution is -2.37. The van der Waals surface area contributed by atoms with Crippen molar-refractivity contribution in [3.63, 3.8) is 0 Å². The van der Waals surface area contributed by atoms with Gasteiger partial charge in [-0.15, -0.1) is 0 Å². The minimum absolute atomic E-state index is 0.0632. The number of alkyl halides is 2. The summed E-state index contributed by atoms with van der Waals surface area (Å²) in [5, 5.41) is 0. The number of hydrogen-bond acceptors (Lipinski definition) is 2. The zero-order chi connectivity index (χ0) is 19.6. The van der Waals surface area contributed by atoms with Crippen LogP contribution in [0.2, 0.25) is 0 Å². The van der Waals surface area contributed by atoms with E-state index in [2.05, 4.69) is 6.92 Å². The molecule has 152 valence electrons. The molecule has 1 saturated carbocycles. The Bertz CT molecular complexity index is 650. The molecular formula is C21H28F4O2. The van der Waals surface area contributed by atoms with Crippen molar-refractivity contribution < 1.29 is 27.0 Å². The maximum atomic E-state index is 14.7. The molecule has 1 atom stereocenters. The normalized spacial score (nSPS) is 25.5. The van der Waals surface area contributed by atoms with Crippen molar-refractivity contribution in [2.24, 2.45) is 11.8 Å². The molecule has 0 amide bonds. The molecule has 1 aliphatic carbocycles.